The molecule has 1 heterocycles. The SMILES string of the molecule is C#CCn1ncc(Cl)c(NCC(C)(C)CCCO)c1=O. The number of aliphatic hydroxyl groups is 1. The van der Waals surface area contributed by atoms with Crippen LogP contribution in [-0.2, 0) is 6.54 Å². The Hall–Kier alpha value is -1.51. The van der Waals surface area contributed by atoms with Crippen LogP contribution in [-0.4, -0.2) is 28.0 Å². The minimum atomic E-state index is -0.326. The lowest BCUT2D eigenvalue weighted by atomic mass is 9.88. The van der Waals surface area contributed by atoms with Gasteiger partial charge in [-0.2, -0.15) is 5.10 Å². The second kappa shape index (κ2) is 7.32. The third kappa shape index (κ3) is 4.55. The molecule has 0 aliphatic rings. The van der Waals surface area contributed by atoms with Crippen LogP contribution in [0.15, 0.2) is 11.0 Å². The number of aliphatic hydroxyl groups excluding tert-OH is 1. The molecule has 1 rings (SSSR count). The zero-order chi connectivity index (χ0) is 15.2. The van der Waals surface area contributed by atoms with E-state index in [9.17, 15) is 4.79 Å². The van der Waals surface area contributed by atoms with Crippen molar-refractivity contribution in [3.05, 3.63) is 21.6 Å². The van der Waals surface area contributed by atoms with E-state index in [2.05, 4.69) is 30.2 Å². The third-order valence-electron chi connectivity index (χ3n) is 2.99. The molecule has 0 spiro atoms. The van der Waals surface area contributed by atoms with Gasteiger partial charge in [0.05, 0.1) is 11.2 Å². The van der Waals surface area contributed by atoms with Gasteiger partial charge in [-0.1, -0.05) is 31.4 Å². The highest BCUT2D eigenvalue weighted by Crippen LogP contribution is 2.24. The summed E-state index contributed by atoms with van der Waals surface area (Å²) in [7, 11) is 0. The number of terminal acetylenes is 1. The highest BCUT2D eigenvalue weighted by molar-refractivity contribution is 6.32. The largest absolute Gasteiger partial charge is 0.396 e. The average molecular weight is 298 g/mol. The fourth-order valence-corrected chi connectivity index (χ4v) is 1.99. The lowest BCUT2D eigenvalue weighted by Crippen LogP contribution is -2.30. The Morgan fingerprint density at radius 3 is 2.90 bits per heavy atom. The van der Waals surface area contributed by atoms with E-state index in [1.807, 2.05) is 0 Å². The summed E-state index contributed by atoms with van der Waals surface area (Å²) in [6.07, 6.45) is 8.16. The summed E-state index contributed by atoms with van der Waals surface area (Å²) < 4.78 is 1.19. The topological polar surface area (TPSA) is 67.2 Å². The average Bonchev–Trinajstić information content (AvgIpc) is 2.40. The fraction of sp³-hybridized carbons (Fsp3) is 0.571. The van der Waals surface area contributed by atoms with E-state index in [0.717, 1.165) is 12.8 Å². The van der Waals surface area contributed by atoms with E-state index >= 15 is 0 Å². The first-order valence-electron chi connectivity index (χ1n) is 6.45. The van der Waals surface area contributed by atoms with Gasteiger partial charge in [0.25, 0.3) is 5.56 Å². The molecule has 6 heteroatoms. The van der Waals surface area contributed by atoms with Crippen LogP contribution in [0.3, 0.4) is 0 Å². The molecule has 5 nitrogen and oxygen atoms in total. The minimum absolute atomic E-state index is 0.0568. The van der Waals surface area contributed by atoms with Crippen molar-refractivity contribution in [3.8, 4) is 12.3 Å². The standard InChI is InChI=1S/C14H20ClN3O2/c1-4-7-18-13(20)12(11(15)9-17-18)16-10-14(2,3)6-5-8-19/h1,9,16,19H,5-8,10H2,2-3H3. The van der Waals surface area contributed by atoms with Gasteiger partial charge in [-0.3, -0.25) is 4.79 Å². The van der Waals surface area contributed by atoms with Crippen molar-refractivity contribution in [1.82, 2.24) is 9.78 Å². The minimum Gasteiger partial charge on any atom is -0.396 e. The van der Waals surface area contributed by atoms with Crippen LogP contribution in [0.1, 0.15) is 26.7 Å². The summed E-state index contributed by atoms with van der Waals surface area (Å²) in [6, 6.07) is 0. The van der Waals surface area contributed by atoms with Gasteiger partial charge in [-0.25, -0.2) is 4.68 Å². The Balaban J connectivity index is 2.85. The summed E-state index contributed by atoms with van der Waals surface area (Å²) >= 11 is 6.00. The van der Waals surface area contributed by atoms with E-state index in [0.29, 0.717) is 12.2 Å². The monoisotopic (exact) mass is 297 g/mol. The van der Waals surface area contributed by atoms with Crippen LogP contribution in [0.25, 0.3) is 0 Å². The molecule has 0 saturated carbocycles. The first-order chi connectivity index (χ1) is 9.41. The van der Waals surface area contributed by atoms with Crippen molar-refractivity contribution in [1.29, 1.82) is 0 Å². The number of hydrogen-bond donors (Lipinski definition) is 2. The summed E-state index contributed by atoms with van der Waals surface area (Å²) in [5.74, 6) is 2.37. The number of rotatable bonds is 7. The van der Waals surface area contributed by atoms with Crippen molar-refractivity contribution in [2.75, 3.05) is 18.5 Å². The number of nitrogens with one attached hydrogen (secondary N) is 1. The molecular weight excluding hydrogens is 278 g/mol. The van der Waals surface area contributed by atoms with Crippen LogP contribution in [0, 0.1) is 17.8 Å². The van der Waals surface area contributed by atoms with E-state index in [1.165, 1.54) is 10.9 Å². The van der Waals surface area contributed by atoms with E-state index in [-0.39, 0.29) is 29.1 Å². The third-order valence-corrected chi connectivity index (χ3v) is 3.28. The molecule has 0 saturated heterocycles. The highest BCUT2D eigenvalue weighted by atomic mass is 35.5. The summed E-state index contributed by atoms with van der Waals surface area (Å²) in [6.45, 7) is 4.96. The maximum Gasteiger partial charge on any atom is 0.292 e. The molecular formula is C14H20ClN3O2. The predicted molar refractivity (Wildman–Crippen MR) is 80.9 cm³/mol. The molecule has 0 aromatic carbocycles. The molecule has 20 heavy (non-hydrogen) atoms. The van der Waals surface area contributed by atoms with Crippen molar-refractivity contribution in [3.63, 3.8) is 0 Å². The number of nitrogens with zero attached hydrogens (tertiary/aromatic N) is 2. The molecule has 0 radical (unpaired) electrons. The first-order valence-corrected chi connectivity index (χ1v) is 6.83. The Kier molecular flexibility index (Phi) is 6.05. The van der Waals surface area contributed by atoms with Gasteiger partial charge in [0.1, 0.15) is 12.2 Å². The Morgan fingerprint density at radius 1 is 1.60 bits per heavy atom. The molecule has 1 aromatic heterocycles. The first kappa shape index (κ1) is 16.5. The van der Waals surface area contributed by atoms with Gasteiger partial charge >= 0.3 is 0 Å². The second-order valence-corrected chi connectivity index (χ2v) is 5.79. The molecule has 0 atom stereocenters. The highest BCUT2D eigenvalue weighted by Gasteiger charge is 2.19. The molecule has 0 unspecified atom stereocenters. The molecule has 0 aliphatic heterocycles. The summed E-state index contributed by atoms with van der Waals surface area (Å²) in [4.78, 5) is 12.1. The van der Waals surface area contributed by atoms with Gasteiger partial charge in [0.2, 0.25) is 0 Å². The molecule has 1 aromatic rings. The summed E-state index contributed by atoms with van der Waals surface area (Å²) in [5.41, 5.74) is -0.0685. The van der Waals surface area contributed by atoms with Crippen LogP contribution >= 0.6 is 11.6 Å². The van der Waals surface area contributed by atoms with E-state index in [4.69, 9.17) is 23.1 Å². The normalized spacial score (nSPS) is 11.2. The lowest BCUT2D eigenvalue weighted by Gasteiger charge is -2.25. The van der Waals surface area contributed by atoms with Gasteiger partial charge in [-0.15, -0.1) is 6.42 Å². The van der Waals surface area contributed by atoms with Crippen LogP contribution in [0.4, 0.5) is 5.69 Å². The molecule has 0 bridgehead atoms. The number of aromatic nitrogens is 2. The number of anilines is 1. The summed E-state index contributed by atoms with van der Waals surface area (Å²) in [5, 5.41) is 16.1. The van der Waals surface area contributed by atoms with Crippen molar-refractivity contribution in [2.45, 2.75) is 33.2 Å². The predicted octanol–water partition coefficient (Wildman–Crippen LogP) is 1.74. The van der Waals surface area contributed by atoms with Gasteiger partial charge in [0, 0.05) is 13.2 Å². The molecule has 0 fully saturated rings. The van der Waals surface area contributed by atoms with E-state index < -0.39 is 0 Å². The zero-order valence-corrected chi connectivity index (χ0v) is 12.6. The molecule has 2 N–H and O–H groups in total. The zero-order valence-electron chi connectivity index (χ0n) is 11.8. The smallest absolute Gasteiger partial charge is 0.292 e. The fourth-order valence-electron chi connectivity index (χ4n) is 1.80. The Morgan fingerprint density at radius 2 is 2.30 bits per heavy atom. The van der Waals surface area contributed by atoms with Crippen LogP contribution in [0.5, 0.6) is 0 Å². The van der Waals surface area contributed by atoms with E-state index in [1.54, 1.807) is 0 Å². The maximum atomic E-state index is 12.1. The van der Waals surface area contributed by atoms with Crippen molar-refractivity contribution >= 4 is 17.3 Å². The van der Waals surface area contributed by atoms with Gasteiger partial charge < -0.3 is 10.4 Å². The quantitative estimate of drug-likeness (QED) is 0.752. The molecule has 110 valence electrons. The van der Waals surface area contributed by atoms with Crippen LogP contribution in [0.2, 0.25) is 5.02 Å². The van der Waals surface area contributed by atoms with Gasteiger partial charge in [-0.05, 0) is 18.3 Å². The Bertz CT molecular complexity index is 546. The number of hydrogen-bond acceptors (Lipinski definition) is 4. The maximum absolute atomic E-state index is 12.1. The second-order valence-electron chi connectivity index (χ2n) is 5.38. The molecule has 0 amide bonds. The van der Waals surface area contributed by atoms with Crippen molar-refractivity contribution < 1.29 is 5.11 Å². The van der Waals surface area contributed by atoms with Crippen molar-refractivity contribution in [2.24, 2.45) is 5.41 Å². The van der Waals surface area contributed by atoms with Gasteiger partial charge in [0.15, 0.2) is 0 Å². The number of halogens is 1. The van der Waals surface area contributed by atoms with Crippen LogP contribution < -0.4 is 10.9 Å². The Labute approximate surface area is 124 Å². The lowest BCUT2D eigenvalue weighted by molar-refractivity contribution is 0.248. The molecule has 0 aliphatic carbocycles.